The summed E-state index contributed by atoms with van der Waals surface area (Å²) in [5.41, 5.74) is 5.01. The van der Waals surface area contributed by atoms with E-state index in [1.165, 1.54) is 10.9 Å². The van der Waals surface area contributed by atoms with Gasteiger partial charge in [0, 0.05) is 50.7 Å². The molecule has 3 aromatic rings. The van der Waals surface area contributed by atoms with E-state index in [2.05, 4.69) is 46.4 Å². The fourth-order valence-corrected chi connectivity index (χ4v) is 4.10. The molecule has 1 saturated heterocycles. The first-order valence-electron chi connectivity index (χ1n) is 10.3. The zero-order chi connectivity index (χ0) is 20.5. The van der Waals surface area contributed by atoms with Gasteiger partial charge in [0.1, 0.15) is 11.6 Å². The first-order valence-corrected chi connectivity index (χ1v) is 10.3. The highest BCUT2D eigenvalue weighted by Gasteiger charge is 2.15. The van der Waals surface area contributed by atoms with Crippen molar-refractivity contribution in [1.82, 2.24) is 14.8 Å². The zero-order valence-corrected chi connectivity index (χ0v) is 17.8. The Balaban J connectivity index is 1.68. The third-order valence-electron chi connectivity index (χ3n) is 5.92. The molecule has 0 atom stereocenters. The molecular formula is C24H30N4O. The summed E-state index contributed by atoms with van der Waals surface area (Å²) in [5, 5.41) is 15.7. The highest BCUT2D eigenvalue weighted by Crippen LogP contribution is 2.32. The van der Waals surface area contributed by atoms with E-state index in [-0.39, 0.29) is 0 Å². The summed E-state index contributed by atoms with van der Waals surface area (Å²) in [5.74, 6) is 1.25. The number of phenols is 1. The van der Waals surface area contributed by atoms with Gasteiger partial charge < -0.3 is 15.3 Å². The normalized spacial score (nSPS) is 15.7. The zero-order valence-electron chi connectivity index (χ0n) is 17.8. The predicted molar refractivity (Wildman–Crippen MR) is 121 cm³/mol. The quantitative estimate of drug-likeness (QED) is 0.705. The van der Waals surface area contributed by atoms with Gasteiger partial charge in [0.15, 0.2) is 0 Å². The number of likely N-dealkylation sites (N-methyl/N-ethyl adjacent to an activating group) is 1. The maximum absolute atomic E-state index is 10.1. The third-order valence-corrected chi connectivity index (χ3v) is 5.92. The lowest BCUT2D eigenvalue weighted by molar-refractivity contribution is 0.148. The van der Waals surface area contributed by atoms with Crippen LogP contribution in [0.2, 0.25) is 0 Å². The number of benzene rings is 2. The number of nitrogens with one attached hydrogen (secondary N) is 1. The Labute approximate surface area is 173 Å². The number of aryl methyl sites for hydroxylation is 2. The van der Waals surface area contributed by atoms with Crippen LogP contribution in [-0.4, -0.2) is 60.2 Å². The number of nitrogens with zero attached hydrogens (tertiary/aromatic N) is 3. The van der Waals surface area contributed by atoms with Gasteiger partial charge in [-0.1, -0.05) is 12.1 Å². The van der Waals surface area contributed by atoms with Gasteiger partial charge in [-0.3, -0.25) is 4.90 Å². The first-order chi connectivity index (χ1) is 13.9. The van der Waals surface area contributed by atoms with Crippen LogP contribution < -0.4 is 5.32 Å². The Hall–Kier alpha value is -2.63. The SMILES string of the molecule is CNc1nc(-c2cc(C)c(O)c(C)c2)cc2ccc(CN3CCN(C)CC3)cc12. The van der Waals surface area contributed by atoms with E-state index < -0.39 is 0 Å². The summed E-state index contributed by atoms with van der Waals surface area (Å²) in [6, 6.07) is 12.8. The standard InChI is InChI=1S/C24H30N4O/c1-16-11-20(12-17(2)23(16)29)22-14-19-6-5-18(13-21(19)24(25-3)26-22)15-28-9-7-27(4)8-10-28/h5-6,11-14,29H,7-10,15H2,1-4H3,(H,25,26). The Morgan fingerprint density at radius 3 is 2.34 bits per heavy atom. The lowest BCUT2D eigenvalue weighted by Crippen LogP contribution is -2.43. The highest BCUT2D eigenvalue weighted by atomic mass is 16.3. The summed E-state index contributed by atoms with van der Waals surface area (Å²) < 4.78 is 0. The van der Waals surface area contributed by atoms with Crippen molar-refractivity contribution in [1.29, 1.82) is 0 Å². The van der Waals surface area contributed by atoms with Crippen LogP contribution in [0.4, 0.5) is 5.82 Å². The van der Waals surface area contributed by atoms with E-state index in [1.807, 2.05) is 33.0 Å². The summed E-state index contributed by atoms with van der Waals surface area (Å²) in [4.78, 5) is 9.79. The van der Waals surface area contributed by atoms with Crippen LogP contribution in [0.25, 0.3) is 22.0 Å². The van der Waals surface area contributed by atoms with Crippen LogP contribution in [0, 0.1) is 13.8 Å². The molecular weight excluding hydrogens is 360 g/mol. The van der Waals surface area contributed by atoms with E-state index in [0.717, 1.165) is 66.3 Å². The maximum Gasteiger partial charge on any atom is 0.134 e. The fraction of sp³-hybridized carbons (Fsp3) is 0.375. The minimum Gasteiger partial charge on any atom is -0.507 e. The Morgan fingerprint density at radius 1 is 1.00 bits per heavy atom. The topological polar surface area (TPSA) is 51.6 Å². The van der Waals surface area contributed by atoms with Gasteiger partial charge in [-0.15, -0.1) is 0 Å². The fourth-order valence-electron chi connectivity index (χ4n) is 4.10. The van der Waals surface area contributed by atoms with Crippen molar-refractivity contribution in [2.45, 2.75) is 20.4 Å². The van der Waals surface area contributed by atoms with Gasteiger partial charge in [-0.2, -0.15) is 0 Å². The third kappa shape index (κ3) is 4.07. The molecule has 1 aliphatic rings. The van der Waals surface area contributed by atoms with Gasteiger partial charge in [-0.25, -0.2) is 4.98 Å². The maximum atomic E-state index is 10.1. The van der Waals surface area contributed by atoms with Crippen LogP contribution in [-0.2, 0) is 6.54 Å². The number of pyridine rings is 1. The average molecular weight is 391 g/mol. The van der Waals surface area contributed by atoms with Gasteiger partial charge in [-0.05, 0) is 67.2 Å². The molecule has 4 rings (SSSR count). The van der Waals surface area contributed by atoms with Crippen molar-refractivity contribution in [2.24, 2.45) is 0 Å². The summed E-state index contributed by atoms with van der Waals surface area (Å²) in [7, 11) is 4.11. The molecule has 0 unspecified atom stereocenters. The van der Waals surface area contributed by atoms with E-state index in [0.29, 0.717) is 5.75 Å². The summed E-state index contributed by atoms with van der Waals surface area (Å²) >= 11 is 0. The molecule has 5 nitrogen and oxygen atoms in total. The van der Waals surface area contributed by atoms with Crippen molar-refractivity contribution in [3.8, 4) is 17.0 Å². The lowest BCUT2D eigenvalue weighted by Gasteiger charge is -2.32. The van der Waals surface area contributed by atoms with Gasteiger partial charge in [0.25, 0.3) is 0 Å². The van der Waals surface area contributed by atoms with Crippen LogP contribution in [0.5, 0.6) is 5.75 Å². The van der Waals surface area contributed by atoms with Gasteiger partial charge >= 0.3 is 0 Å². The van der Waals surface area contributed by atoms with Gasteiger partial charge in [0.2, 0.25) is 0 Å². The number of aromatic hydroxyl groups is 1. The molecule has 2 N–H and O–H groups in total. The Kier molecular flexibility index (Phi) is 5.43. The van der Waals surface area contributed by atoms with Crippen molar-refractivity contribution in [3.05, 3.63) is 53.1 Å². The molecule has 5 heteroatoms. The second kappa shape index (κ2) is 8.01. The minimum atomic E-state index is 0.358. The molecule has 1 aromatic heterocycles. The first kappa shape index (κ1) is 19.7. The van der Waals surface area contributed by atoms with Crippen molar-refractivity contribution < 1.29 is 5.11 Å². The van der Waals surface area contributed by atoms with Crippen LogP contribution >= 0.6 is 0 Å². The van der Waals surface area contributed by atoms with Crippen molar-refractivity contribution >= 4 is 16.6 Å². The highest BCUT2D eigenvalue weighted by molar-refractivity contribution is 5.95. The second-order valence-electron chi connectivity index (χ2n) is 8.20. The number of hydrogen-bond donors (Lipinski definition) is 2. The largest absolute Gasteiger partial charge is 0.507 e. The second-order valence-corrected chi connectivity index (χ2v) is 8.20. The Morgan fingerprint density at radius 2 is 1.69 bits per heavy atom. The molecule has 2 aromatic carbocycles. The molecule has 1 fully saturated rings. The molecule has 0 saturated carbocycles. The Bertz CT molecular complexity index is 1020. The number of hydrogen-bond acceptors (Lipinski definition) is 5. The van der Waals surface area contributed by atoms with E-state index in [4.69, 9.17) is 4.98 Å². The lowest BCUT2D eigenvalue weighted by atomic mass is 10.0. The molecule has 0 bridgehead atoms. The summed E-state index contributed by atoms with van der Waals surface area (Å²) in [6.45, 7) is 9.32. The van der Waals surface area contributed by atoms with Crippen LogP contribution in [0.1, 0.15) is 16.7 Å². The monoisotopic (exact) mass is 390 g/mol. The molecule has 0 radical (unpaired) electrons. The van der Waals surface area contributed by atoms with Crippen LogP contribution in [0.15, 0.2) is 36.4 Å². The van der Waals surface area contributed by atoms with Gasteiger partial charge in [0.05, 0.1) is 5.69 Å². The molecule has 0 amide bonds. The smallest absolute Gasteiger partial charge is 0.134 e. The molecule has 0 spiro atoms. The minimum absolute atomic E-state index is 0.358. The number of phenolic OH excluding ortho intramolecular Hbond substituents is 1. The molecule has 0 aliphatic carbocycles. The molecule has 2 heterocycles. The number of rotatable bonds is 4. The molecule has 152 valence electrons. The van der Waals surface area contributed by atoms with Crippen molar-refractivity contribution in [3.63, 3.8) is 0 Å². The molecule has 29 heavy (non-hydrogen) atoms. The van der Waals surface area contributed by atoms with E-state index in [1.54, 1.807) is 0 Å². The summed E-state index contributed by atoms with van der Waals surface area (Å²) in [6.07, 6.45) is 0. The van der Waals surface area contributed by atoms with Crippen LogP contribution in [0.3, 0.4) is 0 Å². The number of fused-ring (bicyclic) bond motifs is 1. The number of piperazine rings is 1. The predicted octanol–water partition coefficient (Wildman–Crippen LogP) is 4.01. The number of anilines is 1. The average Bonchev–Trinajstić information content (AvgIpc) is 2.72. The van der Waals surface area contributed by atoms with E-state index >= 15 is 0 Å². The number of aromatic nitrogens is 1. The van der Waals surface area contributed by atoms with E-state index in [9.17, 15) is 5.11 Å². The van der Waals surface area contributed by atoms with Crippen molar-refractivity contribution in [2.75, 3.05) is 45.6 Å². The molecule has 1 aliphatic heterocycles.